The zero-order valence-electron chi connectivity index (χ0n) is 16.2. The van der Waals surface area contributed by atoms with Crippen molar-refractivity contribution in [1.82, 2.24) is 30.0 Å². The molecule has 1 aliphatic heterocycles. The molecule has 2 aromatic heterocycles. The Hall–Kier alpha value is -2.48. The van der Waals surface area contributed by atoms with E-state index >= 15 is 0 Å². The lowest BCUT2D eigenvalue weighted by molar-refractivity contribution is 0.0815. The summed E-state index contributed by atoms with van der Waals surface area (Å²) in [6.07, 6.45) is 2.85. The highest BCUT2D eigenvalue weighted by molar-refractivity contribution is 5.90. The molecule has 0 aliphatic carbocycles. The molecule has 0 bridgehead atoms. The molecule has 0 aromatic carbocycles. The summed E-state index contributed by atoms with van der Waals surface area (Å²) in [6, 6.07) is 2.41. The second kappa shape index (κ2) is 7.41. The minimum absolute atomic E-state index is 0.167. The van der Waals surface area contributed by atoms with E-state index in [0.717, 1.165) is 48.8 Å². The van der Waals surface area contributed by atoms with E-state index in [9.17, 15) is 4.79 Å². The molecule has 0 spiro atoms. The van der Waals surface area contributed by atoms with Gasteiger partial charge in [0.1, 0.15) is 5.82 Å². The standard InChI is InChI=1S/C18H27N7O/c1-12-13(2)21-16(18(26)23(3)4)22-17(12)25-9-7-14(11-25)19-10-15-6-8-20-24(15)5/h6,8,14,19H,7,9-11H2,1-5H3/t14-/m1/s1. The van der Waals surface area contributed by atoms with Crippen molar-refractivity contribution in [3.8, 4) is 0 Å². The smallest absolute Gasteiger partial charge is 0.291 e. The van der Waals surface area contributed by atoms with Crippen LogP contribution in [0.25, 0.3) is 0 Å². The van der Waals surface area contributed by atoms with Crippen LogP contribution in [0, 0.1) is 13.8 Å². The summed E-state index contributed by atoms with van der Waals surface area (Å²) in [5, 5.41) is 7.79. The van der Waals surface area contributed by atoms with Crippen LogP contribution in [0.1, 0.15) is 34.0 Å². The average Bonchev–Trinajstić information content (AvgIpc) is 3.23. The predicted molar refractivity (Wildman–Crippen MR) is 100 cm³/mol. The molecule has 1 saturated heterocycles. The molecule has 26 heavy (non-hydrogen) atoms. The van der Waals surface area contributed by atoms with Crippen molar-refractivity contribution in [2.24, 2.45) is 7.05 Å². The summed E-state index contributed by atoms with van der Waals surface area (Å²) in [5.74, 6) is 0.964. The Morgan fingerprint density at radius 3 is 2.77 bits per heavy atom. The minimum Gasteiger partial charge on any atom is -0.355 e. The molecular formula is C18H27N7O. The van der Waals surface area contributed by atoms with E-state index in [0.29, 0.717) is 6.04 Å². The zero-order valence-corrected chi connectivity index (χ0v) is 16.2. The second-order valence-electron chi connectivity index (χ2n) is 7.04. The molecule has 8 heteroatoms. The highest BCUT2D eigenvalue weighted by Crippen LogP contribution is 2.24. The Balaban J connectivity index is 1.71. The van der Waals surface area contributed by atoms with Gasteiger partial charge in [0.05, 0.1) is 5.69 Å². The summed E-state index contributed by atoms with van der Waals surface area (Å²) in [7, 11) is 5.39. The lowest BCUT2D eigenvalue weighted by Crippen LogP contribution is -2.33. The van der Waals surface area contributed by atoms with Crippen LogP contribution in [-0.4, -0.2) is 63.8 Å². The predicted octanol–water partition coefficient (Wildman–Crippen LogP) is 0.897. The van der Waals surface area contributed by atoms with Crippen LogP contribution in [0.15, 0.2) is 12.3 Å². The van der Waals surface area contributed by atoms with Gasteiger partial charge in [-0.15, -0.1) is 0 Å². The quantitative estimate of drug-likeness (QED) is 0.856. The number of rotatable bonds is 5. The molecule has 3 heterocycles. The van der Waals surface area contributed by atoms with Gasteiger partial charge >= 0.3 is 0 Å². The number of nitrogens with one attached hydrogen (secondary N) is 1. The van der Waals surface area contributed by atoms with Gasteiger partial charge in [0.15, 0.2) is 0 Å². The first-order valence-electron chi connectivity index (χ1n) is 8.89. The van der Waals surface area contributed by atoms with E-state index in [2.05, 4.69) is 25.3 Å². The van der Waals surface area contributed by atoms with Crippen LogP contribution < -0.4 is 10.2 Å². The van der Waals surface area contributed by atoms with Crippen LogP contribution in [0.2, 0.25) is 0 Å². The molecule has 3 rings (SSSR count). The molecule has 0 saturated carbocycles. The molecule has 0 unspecified atom stereocenters. The minimum atomic E-state index is -0.167. The van der Waals surface area contributed by atoms with Crippen molar-refractivity contribution < 1.29 is 4.79 Å². The fraction of sp³-hybridized carbons (Fsp3) is 0.556. The Labute approximate surface area is 154 Å². The highest BCUT2D eigenvalue weighted by Gasteiger charge is 2.26. The van der Waals surface area contributed by atoms with Crippen molar-refractivity contribution >= 4 is 11.7 Å². The first-order chi connectivity index (χ1) is 12.4. The van der Waals surface area contributed by atoms with Gasteiger partial charge in [-0.1, -0.05) is 0 Å². The Kier molecular flexibility index (Phi) is 5.22. The largest absolute Gasteiger partial charge is 0.355 e. The first-order valence-corrected chi connectivity index (χ1v) is 8.89. The molecular weight excluding hydrogens is 330 g/mol. The molecule has 1 N–H and O–H groups in total. The average molecular weight is 357 g/mol. The number of nitrogens with zero attached hydrogens (tertiary/aromatic N) is 6. The second-order valence-corrected chi connectivity index (χ2v) is 7.04. The molecule has 8 nitrogen and oxygen atoms in total. The van der Waals surface area contributed by atoms with Gasteiger partial charge in [0.2, 0.25) is 5.82 Å². The number of anilines is 1. The maximum absolute atomic E-state index is 12.3. The van der Waals surface area contributed by atoms with E-state index in [1.165, 1.54) is 4.90 Å². The SMILES string of the molecule is Cc1nc(C(=O)N(C)C)nc(N2CC[C@@H](NCc3ccnn3C)C2)c1C. The maximum Gasteiger partial charge on any atom is 0.291 e. The third-order valence-electron chi connectivity index (χ3n) is 4.94. The summed E-state index contributed by atoms with van der Waals surface area (Å²) in [4.78, 5) is 25.0. The van der Waals surface area contributed by atoms with Crippen LogP contribution in [0.3, 0.4) is 0 Å². The Bertz CT molecular complexity index is 799. The van der Waals surface area contributed by atoms with Gasteiger partial charge in [-0.25, -0.2) is 9.97 Å². The number of aryl methyl sites for hydroxylation is 2. The number of hydrogen-bond donors (Lipinski definition) is 1. The summed E-state index contributed by atoms with van der Waals surface area (Å²) in [6.45, 7) is 6.52. The van der Waals surface area contributed by atoms with E-state index < -0.39 is 0 Å². The number of aromatic nitrogens is 4. The van der Waals surface area contributed by atoms with Crippen molar-refractivity contribution in [1.29, 1.82) is 0 Å². The lowest BCUT2D eigenvalue weighted by atomic mass is 10.2. The third-order valence-corrected chi connectivity index (χ3v) is 4.94. The Morgan fingerprint density at radius 2 is 2.12 bits per heavy atom. The van der Waals surface area contributed by atoms with Crippen LogP contribution in [-0.2, 0) is 13.6 Å². The van der Waals surface area contributed by atoms with Gasteiger partial charge in [0, 0.05) is 64.3 Å². The summed E-state index contributed by atoms with van der Waals surface area (Å²) in [5.41, 5.74) is 3.05. The highest BCUT2D eigenvalue weighted by atomic mass is 16.2. The topological polar surface area (TPSA) is 79.2 Å². The van der Waals surface area contributed by atoms with Crippen molar-refractivity contribution in [2.75, 3.05) is 32.1 Å². The Morgan fingerprint density at radius 1 is 1.35 bits per heavy atom. The van der Waals surface area contributed by atoms with Gasteiger partial charge in [0.25, 0.3) is 5.91 Å². The number of hydrogen-bond acceptors (Lipinski definition) is 6. The normalized spacial score (nSPS) is 17.0. The van der Waals surface area contributed by atoms with Crippen LogP contribution in [0.5, 0.6) is 0 Å². The van der Waals surface area contributed by atoms with Crippen molar-refractivity contribution in [3.63, 3.8) is 0 Å². The van der Waals surface area contributed by atoms with E-state index in [1.807, 2.05) is 37.8 Å². The van der Waals surface area contributed by atoms with Crippen LogP contribution in [0.4, 0.5) is 5.82 Å². The third kappa shape index (κ3) is 3.70. The molecule has 1 amide bonds. The molecule has 2 aromatic rings. The summed E-state index contributed by atoms with van der Waals surface area (Å²) >= 11 is 0. The van der Waals surface area contributed by atoms with Crippen molar-refractivity contribution in [3.05, 3.63) is 35.0 Å². The van der Waals surface area contributed by atoms with E-state index in [1.54, 1.807) is 14.1 Å². The fourth-order valence-corrected chi connectivity index (χ4v) is 3.16. The lowest BCUT2D eigenvalue weighted by Gasteiger charge is -2.22. The zero-order chi connectivity index (χ0) is 18.8. The van der Waals surface area contributed by atoms with E-state index in [-0.39, 0.29) is 11.7 Å². The fourth-order valence-electron chi connectivity index (χ4n) is 3.16. The first kappa shape index (κ1) is 18.3. The maximum atomic E-state index is 12.3. The van der Waals surface area contributed by atoms with Crippen LogP contribution >= 0.6 is 0 Å². The van der Waals surface area contributed by atoms with Gasteiger partial charge in [-0.2, -0.15) is 5.10 Å². The van der Waals surface area contributed by atoms with Gasteiger partial charge in [-0.3, -0.25) is 9.48 Å². The molecule has 1 atom stereocenters. The van der Waals surface area contributed by atoms with E-state index in [4.69, 9.17) is 0 Å². The molecule has 0 radical (unpaired) electrons. The number of carbonyl (C=O) groups is 1. The number of amides is 1. The monoisotopic (exact) mass is 357 g/mol. The molecule has 1 aliphatic rings. The van der Waals surface area contributed by atoms with Gasteiger partial charge in [-0.05, 0) is 26.3 Å². The number of carbonyl (C=O) groups excluding carboxylic acids is 1. The van der Waals surface area contributed by atoms with Gasteiger partial charge < -0.3 is 15.1 Å². The van der Waals surface area contributed by atoms with Crippen molar-refractivity contribution in [2.45, 2.75) is 32.9 Å². The molecule has 1 fully saturated rings. The summed E-state index contributed by atoms with van der Waals surface area (Å²) < 4.78 is 1.89. The molecule has 140 valence electrons.